The molecule has 0 saturated heterocycles. The van der Waals surface area contributed by atoms with Crippen LogP contribution in [0.5, 0.6) is 0 Å². The first kappa shape index (κ1) is 25.6. The minimum absolute atomic E-state index is 0.101. The van der Waals surface area contributed by atoms with Crippen LogP contribution in [0.25, 0.3) is 33.5 Å². The molecule has 8 heteroatoms. The smallest absolute Gasteiger partial charge is 0.256 e. The molecule has 2 aromatic carbocycles. The van der Waals surface area contributed by atoms with Gasteiger partial charge in [-0.25, -0.2) is 4.98 Å². The molecule has 2 aromatic heterocycles. The van der Waals surface area contributed by atoms with Crippen LogP contribution in [0.3, 0.4) is 0 Å². The topological polar surface area (TPSA) is 90.1 Å². The van der Waals surface area contributed by atoms with Crippen molar-refractivity contribution in [1.29, 1.82) is 0 Å². The van der Waals surface area contributed by atoms with Crippen molar-refractivity contribution < 1.29 is 9.59 Å². The fourth-order valence-corrected chi connectivity index (χ4v) is 5.53. The first-order valence-electron chi connectivity index (χ1n) is 12.6. The zero-order chi connectivity index (χ0) is 26.8. The van der Waals surface area contributed by atoms with E-state index < -0.39 is 0 Å². The second-order valence-corrected chi connectivity index (χ2v) is 10.6. The highest BCUT2D eigenvalue weighted by atomic mass is 32.1. The fraction of sp³-hybridized carbons (Fsp3) is 0.233. The second-order valence-electron chi connectivity index (χ2n) is 9.75. The maximum absolute atomic E-state index is 12.9. The van der Waals surface area contributed by atoms with E-state index in [0.717, 1.165) is 63.0 Å². The molecular formula is C30H31N5O2S. The van der Waals surface area contributed by atoms with Crippen LogP contribution in [0, 0.1) is 13.8 Å². The third-order valence-corrected chi connectivity index (χ3v) is 7.57. The minimum Gasteiger partial charge on any atom is -0.358 e. The lowest BCUT2D eigenvalue weighted by atomic mass is 10.0. The van der Waals surface area contributed by atoms with Crippen molar-refractivity contribution in [1.82, 2.24) is 20.2 Å². The lowest BCUT2D eigenvalue weighted by Gasteiger charge is -2.10. The van der Waals surface area contributed by atoms with Gasteiger partial charge in [-0.15, -0.1) is 11.3 Å². The number of anilines is 1. The number of carbonyl (C=O) groups excluding carboxylic acids is 2. The number of fused-ring (bicyclic) bond motifs is 1. The van der Waals surface area contributed by atoms with Crippen molar-refractivity contribution in [3.63, 3.8) is 0 Å². The lowest BCUT2D eigenvalue weighted by Crippen LogP contribution is -2.27. The van der Waals surface area contributed by atoms with Crippen LogP contribution < -0.4 is 10.6 Å². The molecule has 0 atom stereocenters. The molecule has 3 heterocycles. The molecule has 0 bridgehead atoms. The van der Waals surface area contributed by atoms with Crippen LogP contribution in [0.1, 0.15) is 39.3 Å². The van der Waals surface area contributed by atoms with E-state index in [-0.39, 0.29) is 11.8 Å². The Morgan fingerprint density at radius 1 is 1.11 bits per heavy atom. The standard InChI is InChI=1S/C30H31N5O2S/c1-18-25(32-19(2)27(18)29(37)31-13-8-14-35(3)4)16-23-22-15-21(11-12-24(22)33-28(23)36)26-17-38-30(34-26)20-9-6-5-7-10-20/h5-7,9-12,15-17,32H,8,13-14H2,1-4H3,(H,31,37)(H,33,36)/b23-16-. The Hall–Kier alpha value is -4.01. The number of aromatic amines is 1. The summed E-state index contributed by atoms with van der Waals surface area (Å²) in [5.74, 6) is -0.266. The average Bonchev–Trinajstić information content (AvgIpc) is 3.58. The zero-order valence-electron chi connectivity index (χ0n) is 22.0. The highest BCUT2D eigenvalue weighted by Gasteiger charge is 2.26. The molecule has 0 spiro atoms. The maximum Gasteiger partial charge on any atom is 0.256 e. The predicted octanol–water partition coefficient (Wildman–Crippen LogP) is 5.60. The number of aromatic nitrogens is 2. The Morgan fingerprint density at radius 3 is 2.66 bits per heavy atom. The van der Waals surface area contributed by atoms with E-state index in [1.165, 1.54) is 0 Å². The van der Waals surface area contributed by atoms with E-state index in [2.05, 4.69) is 20.5 Å². The Balaban J connectivity index is 1.42. The van der Waals surface area contributed by atoms with Gasteiger partial charge in [-0.2, -0.15) is 0 Å². The second kappa shape index (κ2) is 10.8. The van der Waals surface area contributed by atoms with Crippen molar-refractivity contribution >= 4 is 40.5 Å². The molecule has 5 rings (SSSR count). The SMILES string of the molecule is Cc1[nH]c(/C=C2\C(=O)Nc3ccc(-c4csc(-c5ccccc5)n4)cc32)c(C)c1C(=O)NCCCN(C)C. The molecule has 0 aliphatic carbocycles. The number of rotatable bonds is 8. The van der Waals surface area contributed by atoms with Crippen LogP contribution >= 0.6 is 11.3 Å². The molecule has 194 valence electrons. The van der Waals surface area contributed by atoms with Gasteiger partial charge in [0.25, 0.3) is 11.8 Å². The van der Waals surface area contributed by atoms with Gasteiger partial charge in [0.05, 0.1) is 16.8 Å². The van der Waals surface area contributed by atoms with Gasteiger partial charge in [-0.3, -0.25) is 9.59 Å². The predicted molar refractivity (Wildman–Crippen MR) is 155 cm³/mol. The summed E-state index contributed by atoms with van der Waals surface area (Å²) in [6.45, 7) is 5.32. The third kappa shape index (κ3) is 5.18. The number of hydrogen-bond donors (Lipinski definition) is 3. The number of carbonyl (C=O) groups is 2. The average molecular weight is 526 g/mol. The van der Waals surface area contributed by atoms with Crippen LogP contribution in [0.2, 0.25) is 0 Å². The number of benzene rings is 2. The van der Waals surface area contributed by atoms with Crippen LogP contribution in [-0.2, 0) is 4.79 Å². The largest absolute Gasteiger partial charge is 0.358 e. The summed E-state index contributed by atoms with van der Waals surface area (Å²) in [6, 6.07) is 16.0. The third-order valence-electron chi connectivity index (χ3n) is 6.68. The molecule has 0 radical (unpaired) electrons. The van der Waals surface area contributed by atoms with Crippen molar-refractivity contribution in [2.24, 2.45) is 0 Å². The molecule has 1 aliphatic heterocycles. The van der Waals surface area contributed by atoms with Gasteiger partial charge in [0.1, 0.15) is 5.01 Å². The van der Waals surface area contributed by atoms with Crippen molar-refractivity contribution in [3.05, 3.63) is 82.0 Å². The van der Waals surface area contributed by atoms with E-state index in [1.807, 2.05) is 87.9 Å². The molecule has 38 heavy (non-hydrogen) atoms. The van der Waals surface area contributed by atoms with Gasteiger partial charge in [0.15, 0.2) is 0 Å². The van der Waals surface area contributed by atoms with Crippen LogP contribution in [0.15, 0.2) is 53.9 Å². The quantitative estimate of drug-likeness (QED) is 0.206. The number of nitrogens with zero attached hydrogens (tertiary/aromatic N) is 2. The monoisotopic (exact) mass is 525 g/mol. The lowest BCUT2D eigenvalue weighted by molar-refractivity contribution is -0.110. The summed E-state index contributed by atoms with van der Waals surface area (Å²) in [6.07, 6.45) is 2.72. The van der Waals surface area contributed by atoms with E-state index in [9.17, 15) is 9.59 Å². The molecule has 4 aromatic rings. The Bertz CT molecular complexity index is 1530. The number of thiazole rings is 1. The summed E-state index contributed by atoms with van der Waals surface area (Å²) in [7, 11) is 4.03. The van der Waals surface area contributed by atoms with E-state index in [1.54, 1.807) is 11.3 Å². The van der Waals surface area contributed by atoms with Crippen molar-refractivity contribution in [2.45, 2.75) is 20.3 Å². The molecule has 2 amide bonds. The molecule has 7 nitrogen and oxygen atoms in total. The number of hydrogen-bond acceptors (Lipinski definition) is 5. The number of aryl methyl sites for hydroxylation is 1. The summed E-state index contributed by atoms with van der Waals surface area (Å²) in [4.78, 5) is 36.1. The molecule has 0 unspecified atom stereocenters. The van der Waals surface area contributed by atoms with Gasteiger partial charge in [-0.1, -0.05) is 36.4 Å². The molecule has 0 saturated carbocycles. The van der Waals surface area contributed by atoms with Gasteiger partial charge >= 0.3 is 0 Å². The first-order valence-corrected chi connectivity index (χ1v) is 13.5. The summed E-state index contributed by atoms with van der Waals surface area (Å²) in [5, 5.41) is 8.97. The van der Waals surface area contributed by atoms with Crippen molar-refractivity contribution in [3.8, 4) is 21.8 Å². The Labute approximate surface area is 226 Å². The molecular weight excluding hydrogens is 494 g/mol. The number of nitrogens with one attached hydrogen (secondary N) is 3. The van der Waals surface area contributed by atoms with Crippen LogP contribution in [0.4, 0.5) is 5.69 Å². The highest BCUT2D eigenvalue weighted by molar-refractivity contribution is 7.13. The highest BCUT2D eigenvalue weighted by Crippen LogP contribution is 2.38. The first-order chi connectivity index (χ1) is 18.3. The molecule has 0 fully saturated rings. The minimum atomic E-state index is -0.165. The number of amides is 2. The Morgan fingerprint density at radius 2 is 1.89 bits per heavy atom. The van der Waals surface area contributed by atoms with Gasteiger partial charge in [0, 0.05) is 45.7 Å². The maximum atomic E-state index is 12.9. The van der Waals surface area contributed by atoms with Gasteiger partial charge in [-0.05, 0) is 64.7 Å². The summed E-state index contributed by atoms with van der Waals surface area (Å²) >= 11 is 1.60. The summed E-state index contributed by atoms with van der Waals surface area (Å²) in [5.41, 5.74) is 8.03. The molecule has 3 N–H and O–H groups in total. The van der Waals surface area contributed by atoms with E-state index in [4.69, 9.17) is 4.98 Å². The number of H-pyrrole nitrogens is 1. The van der Waals surface area contributed by atoms with Gasteiger partial charge in [0.2, 0.25) is 0 Å². The van der Waals surface area contributed by atoms with Crippen molar-refractivity contribution in [2.75, 3.05) is 32.5 Å². The van der Waals surface area contributed by atoms with Crippen LogP contribution in [-0.4, -0.2) is 53.9 Å². The molecule has 1 aliphatic rings. The zero-order valence-corrected chi connectivity index (χ0v) is 22.8. The van der Waals surface area contributed by atoms with Gasteiger partial charge < -0.3 is 20.5 Å². The van der Waals surface area contributed by atoms with E-state index in [0.29, 0.717) is 17.7 Å². The normalized spacial score (nSPS) is 13.7. The van der Waals surface area contributed by atoms with E-state index >= 15 is 0 Å². The summed E-state index contributed by atoms with van der Waals surface area (Å²) < 4.78 is 0. The Kier molecular flexibility index (Phi) is 7.26. The fourth-order valence-electron chi connectivity index (χ4n) is 4.70.